The highest BCUT2D eigenvalue weighted by molar-refractivity contribution is 6.67. The van der Waals surface area contributed by atoms with E-state index >= 15 is 0 Å². The predicted octanol–water partition coefficient (Wildman–Crippen LogP) is 3.79. The number of hydrogen-bond acceptors (Lipinski definition) is 0. The van der Waals surface area contributed by atoms with Crippen LogP contribution in [0.5, 0.6) is 0 Å². The average molecular weight is 202 g/mol. The van der Waals surface area contributed by atoms with Crippen molar-refractivity contribution in [2.24, 2.45) is 11.3 Å². The lowest BCUT2D eigenvalue weighted by Gasteiger charge is -2.10. The Bertz CT molecular complexity index is 134. The van der Waals surface area contributed by atoms with E-state index in [-0.39, 0.29) is 0 Å². The number of alkyl halides is 3. The summed E-state index contributed by atoms with van der Waals surface area (Å²) in [6.07, 6.45) is 1.89. The largest absolute Gasteiger partial charge is 0.190 e. The third-order valence-electron chi connectivity index (χ3n) is 2.20. The van der Waals surface area contributed by atoms with Crippen molar-refractivity contribution in [3.63, 3.8) is 0 Å². The summed E-state index contributed by atoms with van der Waals surface area (Å²) in [5, 5.41) is 0. The second kappa shape index (κ2) is 2.43. The molecule has 1 aliphatic rings. The summed E-state index contributed by atoms with van der Waals surface area (Å²) in [4.78, 5) is 0. The van der Waals surface area contributed by atoms with Crippen LogP contribution in [0.2, 0.25) is 0 Å². The van der Waals surface area contributed by atoms with Crippen molar-refractivity contribution < 1.29 is 0 Å². The molecule has 3 heteroatoms. The van der Waals surface area contributed by atoms with Crippen LogP contribution in [-0.2, 0) is 0 Å². The average Bonchev–Trinajstić information content (AvgIpc) is 2.05. The Balaban J connectivity index is 2.31. The van der Waals surface area contributed by atoms with Crippen LogP contribution < -0.4 is 0 Å². The molecule has 0 heterocycles. The highest BCUT2D eigenvalue weighted by Gasteiger charge is 2.48. The molecule has 0 aromatic heterocycles. The van der Waals surface area contributed by atoms with Crippen LogP contribution in [-0.4, -0.2) is 3.79 Å². The SMILES string of the molecule is CC1(C)CC1CC(Cl)(Cl)Cl. The van der Waals surface area contributed by atoms with E-state index in [4.69, 9.17) is 34.8 Å². The van der Waals surface area contributed by atoms with E-state index in [1.807, 2.05) is 0 Å². The summed E-state index contributed by atoms with van der Waals surface area (Å²) in [5.74, 6) is 0.611. The zero-order valence-corrected chi connectivity index (χ0v) is 8.39. The molecule has 0 spiro atoms. The molecule has 1 fully saturated rings. The molecule has 1 rings (SSSR count). The summed E-state index contributed by atoms with van der Waals surface area (Å²) < 4.78 is -1.04. The lowest BCUT2D eigenvalue weighted by molar-refractivity contribution is 0.537. The van der Waals surface area contributed by atoms with Gasteiger partial charge in [-0.25, -0.2) is 0 Å². The fourth-order valence-electron chi connectivity index (χ4n) is 1.20. The molecule has 1 unspecified atom stereocenters. The van der Waals surface area contributed by atoms with Gasteiger partial charge >= 0.3 is 0 Å². The number of rotatable bonds is 1. The third-order valence-corrected chi connectivity index (χ3v) is 2.66. The van der Waals surface area contributed by atoms with E-state index in [2.05, 4.69) is 13.8 Å². The van der Waals surface area contributed by atoms with Crippen molar-refractivity contribution in [3.8, 4) is 0 Å². The maximum absolute atomic E-state index is 5.63. The number of hydrogen-bond donors (Lipinski definition) is 0. The highest BCUT2D eigenvalue weighted by atomic mass is 35.6. The molecule has 0 radical (unpaired) electrons. The molecule has 60 valence electrons. The predicted molar refractivity (Wildman–Crippen MR) is 46.8 cm³/mol. The Morgan fingerprint density at radius 3 is 1.90 bits per heavy atom. The van der Waals surface area contributed by atoms with Gasteiger partial charge in [0.05, 0.1) is 0 Å². The molecule has 0 nitrogen and oxygen atoms in total. The first-order chi connectivity index (χ1) is 4.31. The summed E-state index contributed by atoms with van der Waals surface area (Å²) in [7, 11) is 0. The summed E-state index contributed by atoms with van der Waals surface area (Å²) in [5.41, 5.74) is 0.421. The van der Waals surface area contributed by atoms with E-state index in [1.165, 1.54) is 6.42 Å². The molecule has 1 atom stereocenters. The maximum Gasteiger partial charge on any atom is 0.190 e. The normalized spacial score (nSPS) is 30.3. The first kappa shape index (κ1) is 8.96. The van der Waals surface area contributed by atoms with Gasteiger partial charge in [-0.1, -0.05) is 48.7 Å². The lowest BCUT2D eigenvalue weighted by atomic mass is 10.1. The number of halogens is 3. The van der Waals surface area contributed by atoms with Crippen LogP contribution in [0.25, 0.3) is 0 Å². The molecular weight excluding hydrogens is 190 g/mol. The van der Waals surface area contributed by atoms with E-state index in [0.29, 0.717) is 17.8 Å². The maximum atomic E-state index is 5.63. The van der Waals surface area contributed by atoms with Gasteiger partial charge in [0.25, 0.3) is 0 Å². The second-order valence-electron chi connectivity index (χ2n) is 3.71. The lowest BCUT2D eigenvalue weighted by Crippen LogP contribution is -2.05. The molecule has 0 amide bonds. The zero-order valence-electron chi connectivity index (χ0n) is 6.13. The Hall–Kier alpha value is 0.870. The Morgan fingerprint density at radius 2 is 1.80 bits per heavy atom. The van der Waals surface area contributed by atoms with Gasteiger partial charge in [0, 0.05) is 0 Å². The van der Waals surface area contributed by atoms with Crippen LogP contribution in [0.3, 0.4) is 0 Å². The van der Waals surface area contributed by atoms with Gasteiger partial charge < -0.3 is 0 Å². The van der Waals surface area contributed by atoms with Crippen LogP contribution in [0, 0.1) is 11.3 Å². The first-order valence-corrected chi connectivity index (χ1v) is 4.51. The van der Waals surface area contributed by atoms with Gasteiger partial charge in [0.2, 0.25) is 0 Å². The van der Waals surface area contributed by atoms with Crippen LogP contribution >= 0.6 is 34.8 Å². The monoisotopic (exact) mass is 200 g/mol. The molecule has 0 aromatic rings. The van der Waals surface area contributed by atoms with E-state index in [0.717, 1.165) is 0 Å². The minimum atomic E-state index is -1.04. The van der Waals surface area contributed by atoms with Gasteiger partial charge in [-0.05, 0) is 24.2 Å². The Morgan fingerprint density at radius 1 is 1.40 bits per heavy atom. The van der Waals surface area contributed by atoms with Crippen LogP contribution in [0.1, 0.15) is 26.7 Å². The zero-order chi connectivity index (χ0) is 7.99. The summed E-state index contributed by atoms with van der Waals surface area (Å²) >= 11 is 16.9. The molecule has 0 N–H and O–H groups in total. The molecule has 0 bridgehead atoms. The van der Waals surface area contributed by atoms with Gasteiger partial charge in [0.15, 0.2) is 3.79 Å². The van der Waals surface area contributed by atoms with Gasteiger partial charge in [-0.15, -0.1) is 0 Å². The van der Waals surface area contributed by atoms with Crippen molar-refractivity contribution in [1.29, 1.82) is 0 Å². The molecule has 0 aliphatic heterocycles. The molecule has 1 saturated carbocycles. The Kier molecular flexibility index (Phi) is 2.18. The van der Waals surface area contributed by atoms with Gasteiger partial charge in [0.1, 0.15) is 0 Å². The molecule has 0 aromatic carbocycles. The minimum absolute atomic E-state index is 0.421. The fourth-order valence-corrected chi connectivity index (χ4v) is 1.76. The third kappa shape index (κ3) is 2.48. The topological polar surface area (TPSA) is 0 Å². The van der Waals surface area contributed by atoms with Crippen LogP contribution in [0.15, 0.2) is 0 Å². The van der Waals surface area contributed by atoms with Gasteiger partial charge in [-0.2, -0.15) is 0 Å². The Labute approximate surface area is 76.8 Å². The summed E-state index contributed by atoms with van der Waals surface area (Å²) in [6.45, 7) is 4.40. The molecule has 1 aliphatic carbocycles. The fraction of sp³-hybridized carbons (Fsp3) is 1.00. The summed E-state index contributed by atoms with van der Waals surface area (Å²) in [6, 6.07) is 0. The van der Waals surface area contributed by atoms with Crippen molar-refractivity contribution in [3.05, 3.63) is 0 Å². The van der Waals surface area contributed by atoms with Crippen molar-refractivity contribution in [2.75, 3.05) is 0 Å². The van der Waals surface area contributed by atoms with Crippen molar-refractivity contribution in [2.45, 2.75) is 30.5 Å². The minimum Gasteiger partial charge on any atom is -0.0837 e. The van der Waals surface area contributed by atoms with Crippen molar-refractivity contribution in [1.82, 2.24) is 0 Å². The standard InChI is InChI=1S/C7H11Cl3/c1-6(2)3-5(6)4-7(8,9)10/h5H,3-4H2,1-2H3. The van der Waals surface area contributed by atoms with Crippen molar-refractivity contribution >= 4 is 34.8 Å². The molecule has 10 heavy (non-hydrogen) atoms. The van der Waals surface area contributed by atoms with Gasteiger partial charge in [-0.3, -0.25) is 0 Å². The second-order valence-corrected chi connectivity index (χ2v) is 6.22. The van der Waals surface area contributed by atoms with E-state index < -0.39 is 3.79 Å². The molecular formula is C7H11Cl3. The van der Waals surface area contributed by atoms with E-state index in [9.17, 15) is 0 Å². The van der Waals surface area contributed by atoms with Crippen LogP contribution in [0.4, 0.5) is 0 Å². The highest BCUT2D eigenvalue weighted by Crippen LogP contribution is 2.57. The van der Waals surface area contributed by atoms with E-state index in [1.54, 1.807) is 0 Å². The first-order valence-electron chi connectivity index (χ1n) is 3.38. The molecule has 0 saturated heterocycles. The quantitative estimate of drug-likeness (QED) is 0.566. The smallest absolute Gasteiger partial charge is 0.0837 e.